The summed E-state index contributed by atoms with van der Waals surface area (Å²) in [5.74, 6) is 1.06. The number of aliphatic hydroxyl groups is 1. The maximum atomic E-state index is 13.1. The van der Waals surface area contributed by atoms with Crippen molar-refractivity contribution in [3.8, 4) is 11.5 Å². The Balaban J connectivity index is 1.69. The lowest BCUT2D eigenvalue weighted by Crippen LogP contribution is -2.32. The Morgan fingerprint density at radius 3 is 2.33 bits per heavy atom. The van der Waals surface area contributed by atoms with Gasteiger partial charge in [-0.2, -0.15) is 0 Å². The van der Waals surface area contributed by atoms with Gasteiger partial charge in [-0.15, -0.1) is 0 Å². The summed E-state index contributed by atoms with van der Waals surface area (Å²) >= 11 is 0. The van der Waals surface area contributed by atoms with Crippen LogP contribution < -0.4 is 14.8 Å². The van der Waals surface area contributed by atoms with Crippen LogP contribution in [0.25, 0.3) is 0 Å². The molecule has 3 aromatic rings. The number of ether oxygens (including phenoxy) is 2. The van der Waals surface area contributed by atoms with E-state index in [9.17, 15) is 9.90 Å². The van der Waals surface area contributed by atoms with Crippen LogP contribution in [0.4, 0.5) is 0 Å². The van der Waals surface area contributed by atoms with E-state index in [1.807, 2.05) is 60.7 Å². The quantitative estimate of drug-likeness (QED) is 0.274. The molecule has 0 spiro atoms. The maximum Gasteiger partial charge on any atom is 0.167 e. The fourth-order valence-electron chi connectivity index (χ4n) is 3.41. The van der Waals surface area contributed by atoms with Gasteiger partial charge in [0, 0.05) is 13.0 Å². The van der Waals surface area contributed by atoms with Crippen LogP contribution in [-0.4, -0.2) is 36.7 Å². The molecule has 0 saturated heterocycles. The lowest BCUT2D eigenvalue weighted by atomic mass is 10.0. The number of hydrogen-bond donors (Lipinski definition) is 2. The van der Waals surface area contributed by atoms with Crippen molar-refractivity contribution in [3.63, 3.8) is 0 Å². The van der Waals surface area contributed by atoms with Crippen LogP contribution in [-0.2, 0) is 13.0 Å². The predicted molar refractivity (Wildman–Crippen MR) is 131 cm³/mol. The largest absolute Gasteiger partial charge is 0.490 e. The normalized spacial score (nSPS) is 11.7. The van der Waals surface area contributed by atoms with Crippen molar-refractivity contribution in [2.45, 2.75) is 38.9 Å². The monoisotopic (exact) mass is 447 g/mol. The fraction of sp³-hybridized carbons (Fsp3) is 0.321. The number of rotatable bonds is 14. The average molecular weight is 448 g/mol. The van der Waals surface area contributed by atoms with E-state index in [1.54, 1.807) is 18.2 Å². The van der Waals surface area contributed by atoms with Crippen LogP contribution >= 0.6 is 0 Å². The zero-order valence-corrected chi connectivity index (χ0v) is 19.2. The van der Waals surface area contributed by atoms with E-state index in [1.165, 1.54) is 0 Å². The molecule has 0 heterocycles. The van der Waals surface area contributed by atoms with Gasteiger partial charge >= 0.3 is 0 Å². The molecule has 174 valence electrons. The number of carbonyl (C=O) groups excluding carboxylic acids is 1. The third-order valence-electron chi connectivity index (χ3n) is 5.22. The lowest BCUT2D eigenvalue weighted by Gasteiger charge is -2.16. The van der Waals surface area contributed by atoms with Crippen LogP contribution in [0.2, 0.25) is 0 Å². The van der Waals surface area contributed by atoms with Crippen molar-refractivity contribution in [1.29, 1.82) is 0 Å². The molecule has 0 fully saturated rings. The van der Waals surface area contributed by atoms with Gasteiger partial charge in [-0.05, 0) is 48.7 Å². The van der Waals surface area contributed by atoms with Crippen LogP contribution in [0.1, 0.15) is 41.3 Å². The Kier molecular flexibility index (Phi) is 9.95. The standard InChI is InChI=1S/C28H33NO4/c1-2-17-29-19-24(30)21-33-28-16-14-25(32-20-23-11-7-4-8-12-23)18-26(28)27(31)15-13-22-9-5-3-6-10-22/h3-12,14,16,18,24,29-30H,2,13,15,17,19-21H2,1H3. The second kappa shape index (κ2) is 13.4. The van der Waals surface area contributed by atoms with Gasteiger partial charge in [0.15, 0.2) is 5.78 Å². The summed E-state index contributed by atoms with van der Waals surface area (Å²) in [4.78, 5) is 13.1. The molecular formula is C28H33NO4. The first kappa shape index (κ1) is 24.5. The van der Waals surface area contributed by atoms with E-state index in [4.69, 9.17) is 9.47 Å². The molecule has 0 aromatic heterocycles. The minimum Gasteiger partial charge on any atom is -0.490 e. The predicted octanol–water partition coefficient (Wildman–Crippen LogP) is 4.82. The van der Waals surface area contributed by atoms with Crippen molar-refractivity contribution >= 4 is 5.78 Å². The van der Waals surface area contributed by atoms with Gasteiger partial charge in [-0.25, -0.2) is 0 Å². The number of Topliss-reactive ketones (excluding diaryl/α,β-unsaturated/α-hetero) is 1. The minimum absolute atomic E-state index is 0.0161. The molecule has 0 aliphatic rings. The molecule has 0 saturated carbocycles. The first-order chi connectivity index (χ1) is 16.2. The number of aliphatic hydroxyl groups excluding tert-OH is 1. The average Bonchev–Trinajstić information content (AvgIpc) is 2.86. The highest BCUT2D eigenvalue weighted by Gasteiger charge is 2.16. The van der Waals surface area contributed by atoms with E-state index in [0.29, 0.717) is 43.1 Å². The fourth-order valence-corrected chi connectivity index (χ4v) is 3.41. The van der Waals surface area contributed by atoms with E-state index in [0.717, 1.165) is 24.1 Å². The molecule has 0 radical (unpaired) electrons. The Morgan fingerprint density at radius 1 is 0.939 bits per heavy atom. The van der Waals surface area contributed by atoms with Crippen molar-refractivity contribution < 1.29 is 19.4 Å². The Labute approximate surface area is 196 Å². The van der Waals surface area contributed by atoms with Gasteiger partial charge in [0.1, 0.15) is 30.8 Å². The molecule has 3 aromatic carbocycles. The summed E-state index contributed by atoms with van der Waals surface area (Å²) in [6.07, 6.45) is 1.36. The topological polar surface area (TPSA) is 67.8 Å². The molecule has 1 atom stereocenters. The number of ketones is 1. The molecule has 2 N–H and O–H groups in total. The third kappa shape index (κ3) is 8.37. The Hall–Kier alpha value is -3.15. The minimum atomic E-state index is -0.655. The maximum absolute atomic E-state index is 13.1. The summed E-state index contributed by atoms with van der Waals surface area (Å²) in [6.45, 7) is 3.89. The van der Waals surface area contributed by atoms with Crippen LogP contribution in [0.3, 0.4) is 0 Å². The summed E-state index contributed by atoms with van der Waals surface area (Å²) in [5.41, 5.74) is 2.64. The van der Waals surface area contributed by atoms with Crippen molar-refractivity contribution in [2.24, 2.45) is 0 Å². The van der Waals surface area contributed by atoms with Gasteiger partial charge in [0.25, 0.3) is 0 Å². The number of hydrogen-bond acceptors (Lipinski definition) is 5. The van der Waals surface area contributed by atoms with E-state index < -0.39 is 6.10 Å². The zero-order chi connectivity index (χ0) is 23.3. The van der Waals surface area contributed by atoms with Gasteiger partial charge < -0.3 is 19.9 Å². The van der Waals surface area contributed by atoms with E-state index >= 15 is 0 Å². The third-order valence-corrected chi connectivity index (χ3v) is 5.22. The SMILES string of the molecule is CCCNCC(O)COc1ccc(OCc2ccccc2)cc1C(=O)CCc1ccccc1. The first-order valence-electron chi connectivity index (χ1n) is 11.5. The molecular weight excluding hydrogens is 414 g/mol. The first-order valence-corrected chi connectivity index (χ1v) is 11.5. The number of aryl methyl sites for hydroxylation is 1. The van der Waals surface area contributed by atoms with E-state index in [2.05, 4.69) is 12.2 Å². The Bertz CT molecular complexity index is 976. The molecule has 33 heavy (non-hydrogen) atoms. The molecule has 1 unspecified atom stereocenters. The lowest BCUT2D eigenvalue weighted by molar-refractivity contribution is 0.0949. The van der Waals surface area contributed by atoms with Gasteiger partial charge in [-0.1, -0.05) is 67.6 Å². The van der Waals surface area contributed by atoms with Crippen LogP contribution in [0.5, 0.6) is 11.5 Å². The van der Waals surface area contributed by atoms with Gasteiger partial charge in [0.2, 0.25) is 0 Å². The molecule has 0 aliphatic heterocycles. The number of benzene rings is 3. The number of carbonyl (C=O) groups is 1. The van der Waals surface area contributed by atoms with Crippen LogP contribution in [0, 0.1) is 0 Å². The highest BCUT2D eigenvalue weighted by atomic mass is 16.5. The summed E-state index contributed by atoms with van der Waals surface area (Å²) in [6, 6.07) is 25.1. The van der Waals surface area contributed by atoms with Crippen molar-refractivity contribution in [2.75, 3.05) is 19.7 Å². The molecule has 0 aliphatic carbocycles. The molecule has 3 rings (SSSR count). The van der Waals surface area contributed by atoms with Crippen molar-refractivity contribution in [3.05, 3.63) is 95.6 Å². The highest BCUT2D eigenvalue weighted by Crippen LogP contribution is 2.27. The number of nitrogens with one attached hydrogen (secondary N) is 1. The second-order valence-corrected chi connectivity index (χ2v) is 8.01. The zero-order valence-electron chi connectivity index (χ0n) is 19.2. The summed E-state index contributed by atoms with van der Waals surface area (Å²) < 4.78 is 11.8. The Morgan fingerprint density at radius 2 is 1.64 bits per heavy atom. The summed E-state index contributed by atoms with van der Waals surface area (Å²) in [5, 5.41) is 13.4. The van der Waals surface area contributed by atoms with Crippen LogP contribution in [0.15, 0.2) is 78.9 Å². The molecule has 0 bridgehead atoms. The van der Waals surface area contributed by atoms with Crippen molar-refractivity contribution in [1.82, 2.24) is 5.32 Å². The molecule has 5 nitrogen and oxygen atoms in total. The molecule has 5 heteroatoms. The van der Waals surface area contributed by atoms with Gasteiger partial charge in [-0.3, -0.25) is 4.79 Å². The smallest absolute Gasteiger partial charge is 0.167 e. The highest BCUT2D eigenvalue weighted by molar-refractivity contribution is 5.99. The summed E-state index contributed by atoms with van der Waals surface area (Å²) in [7, 11) is 0. The second-order valence-electron chi connectivity index (χ2n) is 8.01. The van der Waals surface area contributed by atoms with E-state index in [-0.39, 0.29) is 12.4 Å². The molecule has 0 amide bonds. The van der Waals surface area contributed by atoms with Gasteiger partial charge in [0.05, 0.1) is 5.56 Å².